The number of aromatic nitrogens is 2. The molecule has 1 fully saturated rings. The highest BCUT2D eigenvalue weighted by Gasteiger charge is 2.42. The van der Waals surface area contributed by atoms with Gasteiger partial charge in [0.2, 0.25) is 0 Å². The van der Waals surface area contributed by atoms with Gasteiger partial charge < -0.3 is 19.9 Å². The zero-order chi connectivity index (χ0) is 14.4. The lowest BCUT2D eigenvalue weighted by Crippen LogP contribution is -2.30. The quantitative estimate of drug-likeness (QED) is 0.786. The van der Waals surface area contributed by atoms with E-state index in [1.807, 2.05) is 0 Å². The Bertz CT molecular complexity index is 646. The zero-order valence-electron chi connectivity index (χ0n) is 10.4. The molecule has 3 N–H and O–H groups in total. The van der Waals surface area contributed by atoms with E-state index in [1.54, 1.807) is 23.0 Å². The molecule has 1 aliphatic rings. The molecular weight excluding hydrogens is 303 g/mol. The first-order valence-electron chi connectivity index (χ1n) is 6.31. The maximum absolute atomic E-state index is 10.1. The van der Waals surface area contributed by atoms with E-state index >= 15 is 0 Å². The Kier molecular flexibility index (Phi) is 3.64. The lowest BCUT2D eigenvalue weighted by molar-refractivity contribution is -0.00365. The molecule has 1 aliphatic carbocycles. The maximum Gasteiger partial charge on any atom is 0.101 e. The number of benzene rings is 1. The number of aliphatic hydroxyl groups is 3. The zero-order valence-corrected chi connectivity index (χ0v) is 12.0. The lowest BCUT2D eigenvalue weighted by Gasteiger charge is -2.18. The lowest BCUT2D eigenvalue weighted by atomic mass is 10.1. The third kappa shape index (κ3) is 2.10. The topological polar surface area (TPSA) is 78.5 Å². The summed E-state index contributed by atoms with van der Waals surface area (Å²) in [6, 6.07) is 3.01. The molecule has 0 amide bonds. The van der Waals surface area contributed by atoms with Crippen LogP contribution in [0, 0.1) is 5.92 Å². The van der Waals surface area contributed by atoms with Crippen LogP contribution in [0.4, 0.5) is 0 Å². The third-order valence-electron chi connectivity index (χ3n) is 3.98. The molecular formula is C13H14Cl2N2O3. The highest BCUT2D eigenvalue weighted by molar-refractivity contribution is 6.42. The molecule has 7 heteroatoms. The molecule has 108 valence electrons. The Morgan fingerprint density at radius 2 is 1.90 bits per heavy atom. The van der Waals surface area contributed by atoms with Crippen molar-refractivity contribution in [3.8, 4) is 0 Å². The minimum Gasteiger partial charge on any atom is -0.396 e. The van der Waals surface area contributed by atoms with Crippen molar-refractivity contribution in [1.82, 2.24) is 9.55 Å². The number of hydrogen-bond acceptors (Lipinski definition) is 4. The van der Waals surface area contributed by atoms with Gasteiger partial charge in [0.05, 0.1) is 39.6 Å². The van der Waals surface area contributed by atoms with Crippen LogP contribution in [0.25, 0.3) is 11.0 Å². The molecule has 0 saturated heterocycles. The average Bonchev–Trinajstić information content (AvgIpc) is 2.94. The number of nitrogens with zero attached hydrogens (tertiary/aromatic N) is 2. The van der Waals surface area contributed by atoms with Crippen LogP contribution in [0.1, 0.15) is 12.5 Å². The van der Waals surface area contributed by atoms with Gasteiger partial charge in [-0.25, -0.2) is 4.98 Å². The Balaban J connectivity index is 2.05. The van der Waals surface area contributed by atoms with Crippen molar-refractivity contribution in [2.45, 2.75) is 24.7 Å². The van der Waals surface area contributed by atoms with Crippen molar-refractivity contribution in [3.05, 3.63) is 28.5 Å². The van der Waals surface area contributed by atoms with E-state index in [0.717, 1.165) is 5.52 Å². The monoisotopic (exact) mass is 316 g/mol. The fourth-order valence-corrected chi connectivity index (χ4v) is 3.16. The van der Waals surface area contributed by atoms with Crippen LogP contribution in [0.15, 0.2) is 18.5 Å². The number of aliphatic hydroxyl groups excluding tert-OH is 3. The van der Waals surface area contributed by atoms with Crippen molar-refractivity contribution in [2.75, 3.05) is 6.61 Å². The van der Waals surface area contributed by atoms with Crippen LogP contribution < -0.4 is 0 Å². The SMILES string of the molecule is OC[C@@H]1C[C@H](n2cnc3cc(Cl)c(Cl)cc32)[C@@H](O)[C@H]1O. The fraction of sp³-hybridized carbons (Fsp3) is 0.462. The highest BCUT2D eigenvalue weighted by atomic mass is 35.5. The van der Waals surface area contributed by atoms with Crippen LogP contribution in [0.5, 0.6) is 0 Å². The van der Waals surface area contributed by atoms with Gasteiger partial charge in [0.1, 0.15) is 6.10 Å². The van der Waals surface area contributed by atoms with Gasteiger partial charge in [-0.3, -0.25) is 0 Å². The van der Waals surface area contributed by atoms with E-state index in [4.69, 9.17) is 23.2 Å². The van der Waals surface area contributed by atoms with Crippen LogP contribution >= 0.6 is 23.2 Å². The number of rotatable bonds is 2. The number of hydrogen-bond donors (Lipinski definition) is 3. The molecule has 1 heterocycles. The molecule has 0 aliphatic heterocycles. The van der Waals surface area contributed by atoms with Gasteiger partial charge in [-0.05, 0) is 18.6 Å². The smallest absolute Gasteiger partial charge is 0.101 e. The molecule has 1 aromatic heterocycles. The first-order valence-corrected chi connectivity index (χ1v) is 7.07. The van der Waals surface area contributed by atoms with Crippen LogP contribution in [-0.2, 0) is 0 Å². The van der Waals surface area contributed by atoms with E-state index in [2.05, 4.69) is 4.98 Å². The van der Waals surface area contributed by atoms with Crippen LogP contribution in [-0.4, -0.2) is 43.7 Å². The molecule has 20 heavy (non-hydrogen) atoms. The number of imidazole rings is 1. The minimum absolute atomic E-state index is 0.159. The van der Waals surface area contributed by atoms with E-state index in [-0.39, 0.29) is 18.6 Å². The summed E-state index contributed by atoms with van der Waals surface area (Å²) < 4.78 is 1.78. The first kappa shape index (κ1) is 14.1. The first-order chi connectivity index (χ1) is 9.52. The van der Waals surface area contributed by atoms with Crippen molar-refractivity contribution < 1.29 is 15.3 Å². The second kappa shape index (κ2) is 5.16. The second-order valence-electron chi connectivity index (χ2n) is 5.13. The summed E-state index contributed by atoms with van der Waals surface area (Å²) >= 11 is 12.0. The largest absolute Gasteiger partial charge is 0.396 e. The minimum atomic E-state index is -0.945. The summed E-state index contributed by atoms with van der Waals surface area (Å²) in [6.45, 7) is -0.159. The van der Waals surface area contributed by atoms with Gasteiger partial charge in [-0.2, -0.15) is 0 Å². The molecule has 0 spiro atoms. The Morgan fingerprint density at radius 3 is 2.55 bits per heavy atom. The Hall–Kier alpha value is -0.850. The summed E-state index contributed by atoms with van der Waals surface area (Å²) in [5, 5.41) is 30.1. The van der Waals surface area contributed by atoms with E-state index in [1.165, 1.54) is 0 Å². The van der Waals surface area contributed by atoms with E-state index in [0.29, 0.717) is 22.0 Å². The van der Waals surface area contributed by atoms with E-state index < -0.39 is 12.2 Å². The fourth-order valence-electron chi connectivity index (χ4n) is 2.84. The summed E-state index contributed by atoms with van der Waals surface area (Å²) in [6.07, 6.45) is 0.187. The summed E-state index contributed by atoms with van der Waals surface area (Å²) in [4.78, 5) is 4.24. The molecule has 0 bridgehead atoms. The summed E-state index contributed by atoms with van der Waals surface area (Å²) in [5.74, 6) is -0.338. The highest BCUT2D eigenvalue weighted by Crippen LogP contribution is 2.38. The van der Waals surface area contributed by atoms with Gasteiger partial charge in [0.15, 0.2) is 0 Å². The van der Waals surface area contributed by atoms with Gasteiger partial charge >= 0.3 is 0 Å². The molecule has 1 saturated carbocycles. The summed E-state index contributed by atoms with van der Waals surface area (Å²) in [7, 11) is 0. The van der Waals surface area contributed by atoms with Gasteiger partial charge in [0.25, 0.3) is 0 Å². The Labute approximate surface area is 125 Å². The second-order valence-corrected chi connectivity index (χ2v) is 5.95. The predicted molar refractivity (Wildman–Crippen MR) is 76.0 cm³/mol. The third-order valence-corrected chi connectivity index (χ3v) is 4.70. The van der Waals surface area contributed by atoms with Crippen LogP contribution in [0.3, 0.4) is 0 Å². The maximum atomic E-state index is 10.1. The van der Waals surface area contributed by atoms with Crippen molar-refractivity contribution in [3.63, 3.8) is 0 Å². The Morgan fingerprint density at radius 1 is 1.20 bits per heavy atom. The van der Waals surface area contributed by atoms with Crippen molar-refractivity contribution >= 4 is 34.2 Å². The number of fused-ring (bicyclic) bond motifs is 1. The van der Waals surface area contributed by atoms with Gasteiger partial charge in [-0.1, -0.05) is 23.2 Å². The predicted octanol–water partition coefficient (Wildman–Crippen LogP) is 1.62. The number of halogens is 2. The molecule has 3 rings (SSSR count). The molecule has 4 atom stereocenters. The molecule has 0 radical (unpaired) electrons. The van der Waals surface area contributed by atoms with Crippen molar-refractivity contribution in [2.24, 2.45) is 5.92 Å². The van der Waals surface area contributed by atoms with E-state index in [9.17, 15) is 15.3 Å². The van der Waals surface area contributed by atoms with Gasteiger partial charge in [-0.15, -0.1) is 0 Å². The van der Waals surface area contributed by atoms with Gasteiger partial charge in [0, 0.05) is 12.5 Å². The molecule has 1 aromatic carbocycles. The molecule has 5 nitrogen and oxygen atoms in total. The molecule has 2 aromatic rings. The van der Waals surface area contributed by atoms with Crippen molar-refractivity contribution in [1.29, 1.82) is 0 Å². The standard InChI is InChI=1S/C13H14Cl2N2O3/c14-7-2-9-10(3-8(7)15)17(5-16-9)11-1-6(4-18)12(19)13(11)20/h2-3,5-6,11-13,18-20H,1,4H2/t6-,11-,12-,13+/m0/s1. The van der Waals surface area contributed by atoms with Crippen LogP contribution in [0.2, 0.25) is 10.0 Å². The summed E-state index contributed by atoms with van der Waals surface area (Å²) in [5.41, 5.74) is 1.42. The average molecular weight is 317 g/mol. The normalized spacial score (nSPS) is 30.2. The molecule has 0 unspecified atom stereocenters.